The first kappa shape index (κ1) is 25.3. The van der Waals surface area contributed by atoms with Crippen LogP contribution in [0.2, 0.25) is 9.36 Å². The summed E-state index contributed by atoms with van der Waals surface area (Å²) in [6.45, 7) is 1.61. The minimum atomic E-state index is -4.07. The first-order valence-electron chi connectivity index (χ1n) is 10.9. The molecule has 0 bridgehead atoms. The van der Waals surface area contributed by atoms with Gasteiger partial charge in [0, 0.05) is 36.4 Å². The van der Waals surface area contributed by atoms with E-state index in [1.807, 2.05) is 30.0 Å². The molecule has 1 aliphatic heterocycles. The zero-order chi connectivity index (χ0) is 26.3. The lowest BCUT2D eigenvalue weighted by Crippen LogP contribution is -2.33. The molecule has 13 heteroatoms. The number of urea groups is 1. The number of rotatable bonds is 5. The zero-order valence-electron chi connectivity index (χ0n) is 19.2. The lowest BCUT2D eigenvalue weighted by Gasteiger charge is -2.15. The molecule has 2 amide bonds. The van der Waals surface area contributed by atoms with Crippen LogP contribution in [0.25, 0.3) is 16.5 Å². The third-order valence-corrected chi connectivity index (χ3v) is 9.08. The molecule has 0 saturated carbocycles. The van der Waals surface area contributed by atoms with E-state index in [2.05, 4.69) is 15.2 Å². The number of carbonyl (C=O) groups is 1. The number of aliphatic imine (C=N–C) groups is 1. The number of hydrogen-bond donors (Lipinski definition) is 2. The van der Waals surface area contributed by atoms with Gasteiger partial charge in [-0.3, -0.25) is 14.4 Å². The first-order chi connectivity index (χ1) is 17.6. The van der Waals surface area contributed by atoms with E-state index in [0.717, 1.165) is 41.2 Å². The van der Waals surface area contributed by atoms with Gasteiger partial charge in [0.25, 0.3) is 15.6 Å². The smallest absolute Gasteiger partial charge is 0.333 e. The van der Waals surface area contributed by atoms with Crippen molar-refractivity contribution in [3.05, 3.63) is 86.1 Å². The summed E-state index contributed by atoms with van der Waals surface area (Å²) in [6.07, 6.45) is 1.63. The normalized spacial score (nSPS) is 13.6. The standard InChI is InChI=1S/C24H19Cl2N5O4S2/c1-30-11-9-27-22(30)15-2-4-17-14(12-15)8-10-31(23(17)32)19-5-3-16(13-18(19)25)28-24(33)29-37(34,35)21-7-6-20(26)36-21/h2-8,10,12-13H,9,11H2,1H3,(H2,28,29,33). The van der Waals surface area contributed by atoms with Crippen LogP contribution >= 0.6 is 34.5 Å². The Morgan fingerprint density at radius 2 is 1.89 bits per heavy atom. The summed E-state index contributed by atoms with van der Waals surface area (Å²) >= 11 is 13.1. The molecule has 0 fully saturated rings. The minimum Gasteiger partial charge on any atom is -0.358 e. The summed E-state index contributed by atoms with van der Waals surface area (Å²) < 4.78 is 28.2. The van der Waals surface area contributed by atoms with Gasteiger partial charge in [-0.25, -0.2) is 17.9 Å². The molecule has 0 atom stereocenters. The number of thiophene rings is 1. The van der Waals surface area contributed by atoms with Crippen LogP contribution in [-0.2, 0) is 10.0 Å². The summed E-state index contributed by atoms with van der Waals surface area (Å²) in [5.74, 6) is 0.897. The number of nitrogens with one attached hydrogen (secondary N) is 2. The quantitative estimate of drug-likeness (QED) is 0.362. The molecule has 3 heterocycles. The van der Waals surface area contributed by atoms with Gasteiger partial charge >= 0.3 is 6.03 Å². The number of carbonyl (C=O) groups excluding carboxylic acids is 1. The van der Waals surface area contributed by atoms with E-state index < -0.39 is 16.1 Å². The van der Waals surface area contributed by atoms with E-state index >= 15 is 0 Å². The van der Waals surface area contributed by atoms with E-state index in [9.17, 15) is 18.0 Å². The van der Waals surface area contributed by atoms with E-state index in [-0.39, 0.29) is 24.8 Å². The highest BCUT2D eigenvalue weighted by Gasteiger charge is 2.20. The second-order valence-corrected chi connectivity index (χ2v) is 12.2. The Morgan fingerprint density at radius 3 is 2.57 bits per heavy atom. The third kappa shape index (κ3) is 5.08. The van der Waals surface area contributed by atoms with Crippen LogP contribution in [-0.4, -0.2) is 49.9 Å². The number of fused-ring (bicyclic) bond motifs is 1. The molecular formula is C24H19Cl2N5O4S2. The average Bonchev–Trinajstić information content (AvgIpc) is 3.48. The van der Waals surface area contributed by atoms with E-state index in [0.29, 0.717) is 11.1 Å². The highest BCUT2D eigenvalue weighted by molar-refractivity contribution is 7.92. The fourth-order valence-electron chi connectivity index (χ4n) is 3.97. The molecule has 5 rings (SSSR count). The predicted molar refractivity (Wildman–Crippen MR) is 147 cm³/mol. The monoisotopic (exact) mass is 575 g/mol. The van der Waals surface area contributed by atoms with E-state index in [4.69, 9.17) is 23.2 Å². The molecule has 2 aromatic carbocycles. The Hall–Kier alpha value is -3.38. The minimum absolute atomic E-state index is 0.0907. The lowest BCUT2D eigenvalue weighted by atomic mass is 10.1. The van der Waals surface area contributed by atoms with Crippen LogP contribution in [0.1, 0.15) is 5.56 Å². The number of amides is 2. The molecule has 190 valence electrons. The van der Waals surface area contributed by atoms with Crippen molar-refractivity contribution < 1.29 is 13.2 Å². The fourth-order valence-corrected chi connectivity index (χ4v) is 6.63. The van der Waals surface area contributed by atoms with Gasteiger partial charge in [-0.2, -0.15) is 0 Å². The maximum absolute atomic E-state index is 13.2. The van der Waals surface area contributed by atoms with Crippen molar-refractivity contribution >= 4 is 72.9 Å². The van der Waals surface area contributed by atoms with Crippen molar-refractivity contribution in [3.63, 3.8) is 0 Å². The predicted octanol–water partition coefficient (Wildman–Crippen LogP) is 4.56. The Morgan fingerprint density at radius 1 is 1.08 bits per heavy atom. The molecule has 0 aliphatic carbocycles. The van der Waals surface area contributed by atoms with Crippen LogP contribution in [0, 0.1) is 0 Å². The summed E-state index contributed by atoms with van der Waals surface area (Å²) in [4.78, 5) is 32.1. The number of anilines is 1. The highest BCUT2D eigenvalue weighted by Crippen LogP contribution is 2.27. The van der Waals surface area contributed by atoms with Crippen LogP contribution in [0.15, 0.2) is 74.8 Å². The summed E-state index contributed by atoms with van der Waals surface area (Å²) in [7, 11) is -2.09. The number of amidine groups is 1. The lowest BCUT2D eigenvalue weighted by molar-refractivity contribution is 0.256. The Bertz CT molecular complexity index is 1750. The second-order valence-electron chi connectivity index (χ2n) is 8.20. The van der Waals surface area contributed by atoms with Crippen LogP contribution in [0.3, 0.4) is 0 Å². The van der Waals surface area contributed by atoms with Gasteiger partial charge in [0.1, 0.15) is 10.0 Å². The van der Waals surface area contributed by atoms with Crippen molar-refractivity contribution in [2.45, 2.75) is 4.21 Å². The van der Waals surface area contributed by atoms with Gasteiger partial charge in [0.2, 0.25) is 0 Å². The van der Waals surface area contributed by atoms with E-state index in [1.165, 1.54) is 28.8 Å². The zero-order valence-corrected chi connectivity index (χ0v) is 22.4. The van der Waals surface area contributed by atoms with Gasteiger partial charge in [-0.1, -0.05) is 29.3 Å². The SMILES string of the molecule is CN1CCN=C1c1ccc2c(=O)n(-c3ccc(NC(=O)NS(=O)(=O)c4ccc(Cl)s4)cc3Cl)ccc2c1. The molecule has 1 aliphatic rings. The van der Waals surface area contributed by atoms with Crippen LogP contribution in [0.5, 0.6) is 0 Å². The third-order valence-electron chi connectivity index (χ3n) is 5.73. The Balaban J connectivity index is 1.37. The number of aromatic nitrogens is 1. The molecule has 37 heavy (non-hydrogen) atoms. The van der Waals surface area contributed by atoms with Gasteiger partial charge in [0.05, 0.1) is 21.6 Å². The van der Waals surface area contributed by atoms with Crippen molar-refractivity contribution in [1.29, 1.82) is 0 Å². The van der Waals surface area contributed by atoms with Crippen molar-refractivity contribution in [2.75, 3.05) is 25.5 Å². The summed E-state index contributed by atoms with van der Waals surface area (Å²) in [6, 6.07) is 13.7. The van der Waals surface area contributed by atoms with Gasteiger partial charge < -0.3 is 10.2 Å². The number of sulfonamides is 1. The molecule has 0 unspecified atom stereocenters. The van der Waals surface area contributed by atoms with Gasteiger partial charge in [-0.15, -0.1) is 11.3 Å². The molecule has 0 saturated heterocycles. The Labute approximate surface area is 226 Å². The topological polar surface area (TPSA) is 113 Å². The van der Waals surface area contributed by atoms with Crippen molar-refractivity contribution in [2.24, 2.45) is 4.99 Å². The summed E-state index contributed by atoms with van der Waals surface area (Å²) in [5, 5.41) is 3.91. The largest absolute Gasteiger partial charge is 0.358 e. The molecule has 0 spiro atoms. The number of likely N-dealkylation sites (N-methyl/N-ethyl adjacent to an activating group) is 1. The first-order valence-corrected chi connectivity index (χ1v) is 14.0. The molecule has 9 nitrogen and oxygen atoms in total. The molecule has 2 aromatic heterocycles. The highest BCUT2D eigenvalue weighted by atomic mass is 35.5. The van der Waals surface area contributed by atoms with E-state index in [1.54, 1.807) is 18.3 Å². The number of hydrogen-bond acceptors (Lipinski definition) is 7. The van der Waals surface area contributed by atoms with Crippen molar-refractivity contribution in [3.8, 4) is 5.69 Å². The molecule has 2 N–H and O–H groups in total. The van der Waals surface area contributed by atoms with Crippen LogP contribution in [0.4, 0.5) is 10.5 Å². The van der Waals surface area contributed by atoms with Crippen LogP contribution < -0.4 is 15.6 Å². The maximum Gasteiger partial charge on any atom is 0.333 e. The maximum atomic E-state index is 13.2. The number of nitrogens with zero attached hydrogens (tertiary/aromatic N) is 3. The fraction of sp³-hybridized carbons (Fsp3) is 0.125. The van der Waals surface area contributed by atoms with Gasteiger partial charge in [0.15, 0.2) is 0 Å². The van der Waals surface area contributed by atoms with Crippen molar-refractivity contribution in [1.82, 2.24) is 14.2 Å². The summed E-state index contributed by atoms with van der Waals surface area (Å²) in [5.41, 5.74) is 1.34. The molecule has 4 aromatic rings. The number of halogens is 2. The number of pyridine rings is 1. The number of benzene rings is 2. The average molecular weight is 576 g/mol. The molecule has 0 radical (unpaired) electrons. The van der Waals surface area contributed by atoms with Gasteiger partial charge in [-0.05, 0) is 53.9 Å². The Kier molecular flexibility index (Phi) is 6.71. The molecular weight excluding hydrogens is 557 g/mol. The second kappa shape index (κ2) is 9.82.